The molecule has 0 radical (unpaired) electrons. The normalized spacial score (nSPS) is 21.1. The van der Waals surface area contributed by atoms with E-state index in [4.69, 9.17) is 4.74 Å². The van der Waals surface area contributed by atoms with Gasteiger partial charge in [0.25, 0.3) is 0 Å². The lowest BCUT2D eigenvalue weighted by atomic mass is 9.97. The Morgan fingerprint density at radius 2 is 1.67 bits per heavy atom. The number of nitrogens with one attached hydrogen (secondary N) is 2. The molecule has 0 aromatic heterocycles. The van der Waals surface area contributed by atoms with Gasteiger partial charge in [-0.25, -0.2) is 0 Å². The lowest BCUT2D eigenvalue weighted by Crippen LogP contribution is -2.31. The first-order chi connectivity index (χ1) is 13.2. The van der Waals surface area contributed by atoms with Crippen molar-refractivity contribution in [3.63, 3.8) is 0 Å². The predicted molar refractivity (Wildman–Crippen MR) is 105 cm³/mol. The van der Waals surface area contributed by atoms with Gasteiger partial charge >= 0.3 is 0 Å². The molecule has 5 nitrogen and oxygen atoms in total. The summed E-state index contributed by atoms with van der Waals surface area (Å²) in [6.07, 6.45) is 9.58. The highest BCUT2D eigenvalue weighted by molar-refractivity contribution is 5.92. The SMILES string of the molecule is COc1ccc(CCNC(=O)C2CC2C(=O)NCCC2=CCCCC2)cc1. The van der Waals surface area contributed by atoms with Gasteiger partial charge in [-0.05, 0) is 62.6 Å². The molecule has 0 aliphatic heterocycles. The predicted octanol–water partition coefficient (Wildman–Crippen LogP) is 3.00. The Hall–Kier alpha value is -2.30. The highest BCUT2D eigenvalue weighted by atomic mass is 16.5. The van der Waals surface area contributed by atoms with Crippen LogP contribution < -0.4 is 15.4 Å². The molecule has 2 N–H and O–H groups in total. The van der Waals surface area contributed by atoms with Crippen molar-refractivity contribution in [2.24, 2.45) is 11.8 Å². The maximum atomic E-state index is 12.2. The van der Waals surface area contributed by atoms with Crippen molar-refractivity contribution in [1.82, 2.24) is 10.6 Å². The number of hydrogen-bond donors (Lipinski definition) is 2. The van der Waals surface area contributed by atoms with E-state index in [-0.39, 0.29) is 23.7 Å². The number of carbonyl (C=O) groups is 2. The third kappa shape index (κ3) is 5.84. The van der Waals surface area contributed by atoms with Crippen LogP contribution >= 0.6 is 0 Å². The summed E-state index contributed by atoms with van der Waals surface area (Å²) in [7, 11) is 1.64. The molecule has 2 aliphatic carbocycles. The smallest absolute Gasteiger partial charge is 0.223 e. The van der Waals surface area contributed by atoms with Crippen molar-refractivity contribution in [3.05, 3.63) is 41.5 Å². The summed E-state index contributed by atoms with van der Waals surface area (Å²) >= 11 is 0. The second-order valence-electron chi connectivity index (χ2n) is 7.49. The second-order valence-corrected chi connectivity index (χ2v) is 7.49. The summed E-state index contributed by atoms with van der Waals surface area (Å²) in [4.78, 5) is 24.4. The fraction of sp³-hybridized carbons (Fsp3) is 0.545. The average Bonchev–Trinajstić information content (AvgIpc) is 3.50. The average molecular weight is 370 g/mol. The number of methoxy groups -OCH3 is 1. The Kier molecular flexibility index (Phi) is 6.91. The van der Waals surface area contributed by atoms with Gasteiger partial charge in [-0.3, -0.25) is 9.59 Å². The molecule has 27 heavy (non-hydrogen) atoms. The van der Waals surface area contributed by atoms with Crippen LogP contribution in [0.4, 0.5) is 0 Å². The van der Waals surface area contributed by atoms with E-state index in [0.29, 0.717) is 19.5 Å². The van der Waals surface area contributed by atoms with Crippen LogP contribution in [0.2, 0.25) is 0 Å². The number of benzene rings is 1. The molecule has 0 saturated heterocycles. The number of hydrogen-bond acceptors (Lipinski definition) is 3. The molecule has 2 aliphatic rings. The minimum absolute atomic E-state index is 0.00125. The largest absolute Gasteiger partial charge is 0.497 e. The molecule has 2 atom stereocenters. The quantitative estimate of drug-likeness (QED) is 0.657. The molecule has 3 rings (SSSR count). The fourth-order valence-electron chi connectivity index (χ4n) is 3.64. The molecule has 0 bridgehead atoms. The molecule has 1 aromatic rings. The molecule has 0 spiro atoms. The van der Waals surface area contributed by atoms with E-state index in [1.807, 2.05) is 24.3 Å². The first-order valence-corrected chi connectivity index (χ1v) is 10.0. The van der Waals surface area contributed by atoms with Gasteiger partial charge in [0.15, 0.2) is 0 Å². The lowest BCUT2D eigenvalue weighted by molar-refractivity contribution is -0.127. The summed E-state index contributed by atoms with van der Waals surface area (Å²) in [6, 6.07) is 7.84. The van der Waals surface area contributed by atoms with Crippen molar-refractivity contribution in [1.29, 1.82) is 0 Å². The summed E-state index contributed by atoms with van der Waals surface area (Å²) in [6.45, 7) is 1.27. The third-order valence-electron chi connectivity index (χ3n) is 5.47. The van der Waals surface area contributed by atoms with E-state index in [1.54, 1.807) is 7.11 Å². The van der Waals surface area contributed by atoms with Gasteiger partial charge in [0, 0.05) is 13.1 Å². The van der Waals surface area contributed by atoms with Crippen LogP contribution in [0.3, 0.4) is 0 Å². The minimum Gasteiger partial charge on any atom is -0.497 e. The summed E-state index contributed by atoms with van der Waals surface area (Å²) in [5, 5.41) is 5.95. The van der Waals surface area contributed by atoms with Gasteiger partial charge in [0.05, 0.1) is 18.9 Å². The second kappa shape index (κ2) is 9.58. The lowest BCUT2D eigenvalue weighted by Gasteiger charge is -2.13. The van der Waals surface area contributed by atoms with Gasteiger partial charge < -0.3 is 15.4 Å². The molecule has 1 fully saturated rings. The summed E-state index contributed by atoms with van der Waals surface area (Å²) in [5.41, 5.74) is 2.61. The Morgan fingerprint density at radius 1 is 1.00 bits per heavy atom. The van der Waals surface area contributed by atoms with Crippen LogP contribution in [0, 0.1) is 11.8 Å². The van der Waals surface area contributed by atoms with Crippen molar-refractivity contribution >= 4 is 11.8 Å². The zero-order valence-electron chi connectivity index (χ0n) is 16.1. The molecule has 146 valence electrons. The number of amides is 2. The van der Waals surface area contributed by atoms with Crippen LogP contribution in [0.5, 0.6) is 5.75 Å². The molecular weight excluding hydrogens is 340 g/mol. The number of rotatable bonds is 9. The van der Waals surface area contributed by atoms with E-state index >= 15 is 0 Å². The summed E-state index contributed by atoms with van der Waals surface area (Å²) < 4.78 is 5.14. The highest BCUT2D eigenvalue weighted by Crippen LogP contribution is 2.38. The molecule has 1 saturated carbocycles. The third-order valence-corrected chi connectivity index (χ3v) is 5.47. The minimum atomic E-state index is -0.158. The molecule has 0 heterocycles. The van der Waals surface area contributed by atoms with Gasteiger partial charge in [0.1, 0.15) is 5.75 Å². The van der Waals surface area contributed by atoms with Crippen molar-refractivity contribution < 1.29 is 14.3 Å². The van der Waals surface area contributed by atoms with Gasteiger partial charge in [-0.2, -0.15) is 0 Å². The van der Waals surface area contributed by atoms with Crippen LogP contribution in [-0.2, 0) is 16.0 Å². The maximum absolute atomic E-state index is 12.2. The van der Waals surface area contributed by atoms with E-state index in [9.17, 15) is 9.59 Å². The van der Waals surface area contributed by atoms with E-state index in [1.165, 1.54) is 31.3 Å². The van der Waals surface area contributed by atoms with Crippen molar-refractivity contribution in [2.45, 2.75) is 44.9 Å². The van der Waals surface area contributed by atoms with E-state index < -0.39 is 0 Å². The molecule has 5 heteroatoms. The highest BCUT2D eigenvalue weighted by Gasteiger charge is 2.47. The van der Waals surface area contributed by atoms with Gasteiger partial charge in [0.2, 0.25) is 11.8 Å². The Bertz CT molecular complexity index is 681. The monoisotopic (exact) mass is 370 g/mol. The van der Waals surface area contributed by atoms with Crippen molar-refractivity contribution in [3.8, 4) is 5.75 Å². The van der Waals surface area contributed by atoms with Gasteiger partial charge in [-0.1, -0.05) is 23.8 Å². The molecular formula is C22H30N2O3. The molecule has 1 aromatic carbocycles. The van der Waals surface area contributed by atoms with Crippen LogP contribution in [0.25, 0.3) is 0 Å². The fourth-order valence-corrected chi connectivity index (χ4v) is 3.64. The Morgan fingerprint density at radius 3 is 2.26 bits per heavy atom. The number of ether oxygens (including phenoxy) is 1. The molecule has 2 amide bonds. The first-order valence-electron chi connectivity index (χ1n) is 10.0. The van der Waals surface area contributed by atoms with Gasteiger partial charge in [-0.15, -0.1) is 0 Å². The topological polar surface area (TPSA) is 67.4 Å². The van der Waals surface area contributed by atoms with Crippen LogP contribution in [-0.4, -0.2) is 32.0 Å². The van der Waals surface area contributed by atoms with E-state index in [2.05, 4.69) is 16.7 Å². The van der Waals surface area contributed by atoms with Crippen LogP contribution in [0.1, 0.15) is 44.1 Å². The zero-order chi connectivity index (χ0) is 19.1. The van der Waals surface area contributed by atoms with E-state index in [0.717, 1.165) is 24.2 Å². The first kappa shape index (κ1) is 19.5. The summed E-state index contributed by atoms with van der Waals surface area (Å²) in [5.74, 6) is 0.552. The zero-order valence-corrected chi connectivity index (χ0v) is 16.1. The van der Waals surface area contributed by atoms with Crippen LogP contribution in [0.15, 0.2) is 35.9 Å². The Balaban J connectivity index is 1.30. The Labute approximate surface area is 161 Å². The van der Waals surface area contributed by atoms with Crippen molar-refractivity contribution in [2.75, 3.05) is 20.2 Å². The molecule has 2 unspecified atom stereocenters. The number of allylic oxidation sites excluding steroid dienone is 1. The maximum Gasteiger partial charge on any atom is 0.223 e. The number of carbonyl (C=O) groups excluding carboxylic acids is 2. The standard InChI is InChI=1S/C22H30N2O3/c1-27-18-9-7-17(8-10-18)12-14-24-22(26)20-15-19(20)21(25)23-13-11-16-5-3-2-4-6-16/h5,7-10,19-20H,2-4,6,11-15H2,1H3,(H,23,25)(H,24,26).